The van der Waals surface area contributed by atoms with Gasteiger partial charge < -0.3 is 10.4 Å². The van der Waals surface area contributed by atoms with Crippen LogP contribution in [0.4, 0.5) is 0 Å². The van der Waals surface area contributed by atoms with Crippen molar-refractivity contribution >= 4 is 0 Å². The summed E-state index contributed by atoms with van der Waals surface area (Å²) in [6, 6.07) is 0.772. The van der Waals surface area contributed by atoms with Crippen molar-refractivity contribution in [1.82, 2.24) is 5.32 Å². The van der Waals surface area contributed by atoms with Crippen molar-refractivity contribution in [3.8, 4) is 0 Å². The smallest absolute Gasteiger partial charge is 0.0512 e. The lowest BCUT2D eigenvalue weighted by Gasteiger charge is -2.33. The number of nitrogens with one attached hydrogen (secondary N) is 1. The maximum absolute atomic E-state index is 9.00. The number of hydrogen-bond donors (Lipinski definition) is 2. The third-order valence-corrected chi connectivity index (χ3v) is 2.61. The lowest BCUT2D eigenvalue weighted by atomic mass is 9.82. The van der Waals surface area contributed by atoms with Crippen molar-refractivity contribution in [2.75, 3.05) is 6.54 Å². The van der Waals surface area contributed by atoms with Gasteiger partial charge in [0.25, 0.3) is 0 Å². The molecule has 2 N–H and O–H groups in total. The van der Waals surface area contributed by atoms with Crippen molar-refractivity contribution in [2.45, 2.75) is 51.7 Å². The van der Waals surface area contributed by atoms with Gasteiger partial charge in [-0.05, 0) is 45.1 Å². The van der Waals surface area contributed by atoms with E-state index < -0.39 is 0 Å². The van der Waals surface area contributed by atoms with Crippen LogP contribution in [-0.2, 0) is 0 Å². The molecule has 0 saturated heterocycles. The van der Waals surface area contributed by atoms with Gasteiger partial charge in [0, 0.05) is 6.04 Å². The zero-order valence-corrected chi connectivity index (χ0v) is 8.21. The molecule has 0 spiro atoms. The lowest BCUT2D eigenvalue weighted by molar-refractivity contribution is 0.177. The fourth-order valence-electron chi connectivity index (χ4n) is 1.77. The molecule has 0 aliphatic heterocycles. The first kappa shape index (κ1) is 10.0. The molecule has 0 amide bonds. The minimum absolute atomic E-state index is 0.132. The number of rotatable bonds is 5. The highest BCUT2D eigenvalue weighted by Gasteiger charge is 2.23. The number of aliphatic hydroxyl groups excluding tert-OH is 1. The molecule has 0 aromatic carbocycles. The fraction of sp³-hybridized carbons (Fsp3) is 1.00. The molecule has 0 bridgehead atoms. The SMILES string of the molecule is CC(O)CCCNC1CC(C)C1. The van der Waals surface area contributed by atoms with Crippen LogP contribution in [0.3, 0.4) is 0 Å². The molecule has 2 heteroatoms. The zero-order chi connectivity index (χ0) is 8.97. The summed E-state index contributed by atoms with van der Waals surface area (Å²) >= 11 is 0. The van der Waals surface area contributed by atoms with Crippen LogP contribution in [0.1, 0.15) is 39.5 Å². The molecule has 72 valence electrons. The Bertz CT molecular complexity index is 119. The van der Waals surface area contributed by atoms with Crippen LogP contribution in [0, 0.1) is 5.92 Å². The summed E-state index contributed by atoms with van der Waals surface area (Å²) in [4.78, 5) is 0. The van der Waals surface area contributed by atoms with Gasteiger partial charge in [-0.25, -0.2) is 0 Å². The van der Waals surface area contributed by atoms with Gasteiger partial charge >= 0.3 is 0 Å². The molecular formula is C10H21NO. The van der Waals surface area contributed by atoms with E-state index in [1.54, 1.807) is 0 Å². The van der Waals surface area contributed by atoms with E-state index in [1.807, 2.05) is 6.92 Å². The van der Waals surface area contributed by atoms with E-state index in [9.17, 15) is 0 Å². The molecule has 2 nitrogen and oxygen atoms in total. The van der Waals surface area contributed by atoms with Crippen LogP contribution in [0.15, 0.2) is 0 Å². The van der Waals surface area contributed by atoms with Crippen LogP contribution >= 0.6 is 0 Å². The third kappa shape index (κ3) is 3.55. The first-order chi connectivity index (χ1) is 5.68. The van der Waals surface area contributed by atoms with E-state index in [0.717, 1.165) is 31.3 Å². The number of hydrogen-bond acceptors (Lipinski definition) is 2. The largest absolute Gasteiger partial charge is 0.393 e. The summed E-state index contributed by atoms with van der Waals surface area (Å²) in [5.41, 5.74) is 0. The third-order valence-electron chi connectivity index (χ3n) is 2.61. The molecule has 1 saturated carbocycles. The second-order valence-electron chi connectivity index (χ2n) is 4.22. The standard InChI is InChI=1S/C10H21NO/c1-8-6-10(7-8)11-5-3-4-9(2)12/h8-12H,3-7H2,1-2H3. The van der Waals surface area contributed by atoms with Gasteiger partial charge in [-0.2, -0.15) is 0 Å². The van der Waals surface area contributed by atoms with E-state index in [1.165, 1.54) is 12.8 Å². The van der Waals surface area contributed by atoms with Crippen molar-refractivity contribution < 1.29 is 5.11 Å². The Morgan fingerprint density at radius 2 is 2.17 bits per heavy atom. The normalized spacial score (nSPS) is 31.2. The predicted octanol–water partition coefficient (Wildman–Crippen LogP) is 1.54. The topological polar surface area (TPSA) is 32.3 Å². The average molecular weight is 171 g/mol. The van der Waals surface area contributed by atoms with E-state index in [4.69, 9.17) is 5.11 Å². The van der Waals surface area contributed by atoms with Gasteiger partial charge in [0.15, 0.2) is 0 Å². The monoisotopic (exact) mass is 171 g/mol. The first-order valence-electron chi connectivity index (χ1n) is 5.10. The van der Waals surface area contributed by atoms with Gasteiger partial charge in [0.05, 0.1) is 6.10 Å². The van der Waals surface area contributed by atoms with E-state index in [2.05, 4.69) is 12.2 Å². The Balaban J connectivity index is 1.83. The highest BCUT2D eigenvalue weighted by molar-refractivity contribution is 4.81. The quantitative estimate of drug-likeness (QED) is 0.615. The summed E-state index contributed by atoms with van der Waals surface area (Å²) in [6.45, 7) is 5.22. The van der Waals surface area contributed by atoms with Gasteiger partial charge in [-0.1, -0.05) is 6.92 Å². The molecular weight excluding hydrogens is 150 g/mol. The highest BCUT2D eigenvalue weighted by atomic mass is 16.3. The van der Waals surface area contributed by atoms with Crippen molar-refractivity contribution in [3.63, 3.8) is 0 Å². The molecule has 0 heterocycles. The summed E-state index contributed by atoms with van der Waals surface area (Å²) in [5, 5.41) is 12.5. The molecule has 0 aromatic rings. The molecule has 0 radical (unpaired) electrons. The van der Waals surface area contributed by atoms with E-state index in [0.29, 0.717) is 0 Å². The second-order valence-corrected chi connectivity index (χ2v) is 4.22. The zero-order valence-electron chi connectivity index (χ0n) is 8.21. The van der Waals surface area contributed by atoms with Gasteiger partial charge in [0.1, 0.15) is 0 Å². The minimum Gasteiger partial charge on any atom is -0.393 e. The Kier molecular flexibility index (Phi) is 4.02. The molecule has 1 aliphatic carbocycles. The van der Waals surface area contributed by atoms with E-state index in [-0.39, 0.29) is 6.10 Å². The number of aliphatic hydroxyl groups is 1. The van der Waals surface area contributed by atoms with Crippen molar-refractivity contribution in [3.05, 3.63) is 0 Å². The molecule has 0 aromatic heterocycles. The Hall–Kier alpha value is -0.0800. The van der Waals surface area contributed by atoms with Gasteiger partial charge in [-0.15, -0.1) is 0 Å². The molecule has 12 heavy (non-hydrogen) atoms. The molecule has 1 rings (SSSR count). The van der Waals surface area contributed by atoms with Crippen molar-refractivity contribution in [2.24, 2.45) is 5.92 Å². The summed E-state index contributed by atoms with van der Waals surface area (Å²) < 4.78 is 0. The fourth-order valence-corrected chi connectivity index (χ4v) is 1.77. The van der Waals surface area contributed by atoms with Crippen LogP contribution in [0.2, 0.25) is 0 Å². The summed E-state index contributed by atoms with van der Waals surface area (Å²) in [5.74, 6) is 0.930. The minimum atomic E-state index is -0.132. The van der Waals surface area contributed by atoms with Crippen LogP contribution in [-0.4, -0.2) is 23.8 Å². The lowest BCUT2D eigenvalue weighted by Crippen LogP contribution is -2.40. The predicted molar refractivity (Wildman–Crippen MR) is 51.1 cm³/mol. The first-order valence-corrected chi connectivity index (χ1v) is 5.10. The highest BCUT2D eigenvalue weighted by Crippen LogP contribution is 2.25. The Morgan fingerprint density at radius 3 is 2.67 bits per heavy atom. The second kappa shape index (κ2) is 4.83. The molecule has 1 atom stereocenters. The summed E-state index contributed by atoms with van der Waals surface area (Å²) in [7, 11) is 0. The Morgan fingerprint density at radius 1 is 1.50 bits per heavy atom. The maximum Gasteiger partial charge on any atom is 0.0512 e. The molecule has 1 fully saturated rings. The molecule has 1 unspecified atom stereocenters. The van der Waals surface area contributed by atoms with Crippen LogP contribution < -0.4 is 5.32 Å². The van der Waals surface area contributed by atoms with E-state index >= 15 is 0 Å². The molecule has 1 aliphatic rings. The maximum atomic E-state index is 9.00. The average Bonchev–Trinajstić information content (AvgIpc) is 1.93. The van der Waals surface area contributed by atoms with Gasteiger partial charge in [-0.3, -0.25) is 0 Å². The van der Waals surface area contributed by atoms with Crippen LogP contribution in [0.25, 0.3) is 0 Å². The summed E-state index contributed by atoms with van der Waals surface area (Å²) in [6.07, 6.45) is 4.58. The van der Waals surface area contributed by atoms with Gasteiger partial charge in [0.2, 0.25) is 0 Å². The van der Waals surface area contributed by atoms with Crippen molar-refractivity contribution in [1.29, 1.82) is 0 Å². The Labute approximate surface area is 75.4 Å². The van der Waals surface area contributed by atoms with Crippen LogP contribution in [0.5, 0.6) is 0 Å².